The molecule has 0 unspecified atom stereocenters. The van der Waals surface area contributed by atoms with Gasteiger partial charge in [-0.2, -0.15) is 0 Å². The molecule has 0 bridgehead atoms. The van der Waals surface area contributed by atoms with E-state index in [1.165, 1.54) is 4.90 Å². The number of benzene rings is 2. The molecule has 2 fully saturated rings. The van der Waals surface area contributed by atoms with Crippen LogP contribution in [0.1, 0.15) is 25.0 Å². The van der Waals surface area contributed by atoms with Gasteiger partial charge in [0.1, 0.15) is 11.5 Å². The summed E-state index contributed by atoms with van der Waals surface area (Å²) in [6.45, 7) is 6.26. The topological polar surface area (TPSA) is 91.4 Å². The van der Waals surface area contributed by atoms with Gasteiger partial charge in [-0.25, -0.2) is 9.69 Å². The third-order valence-electron chi connectivity index (χ3n) is 6.67. The highest BCUT2D eigenvalue weighted by atomic mass is 16.5. The lowest BCUT2D eigenvalue weighted by Gasteiger charge is -2.37. The normalized spacial score (nSPS) is 18.1. The zero-order valence-corrected chi connectivity index (χ0v) is 20.6. The third-order valence-corrected chi connectivity index (χ3v) is 6.67. The van der Waals surface area contributed by atoms with E-state index in [1.807, 2.05) is 23.6 Å². The molecule has 0 aliphatic carbocycles. The summed E-state index contributed by atoms with van der Waals surface area (Å²) < 4.78 is 10.6. The predicted molar refractivity (Wildman–Crippen MR) is 130 cm³/mol. The molecule has 2 aliphatic rings. The second-order valence-corrected chi connectivity index (χ2v) is 9.11. The first-order valence-corrected chi connectivity index (χ1v) is 11.7. The second kappa shape index (κ2) is 9.95. The maximum absolute atomic E-state index is 14.0. The van der Waals surface area contributed by atoms with E-state index in [0.717, 1.165) is 0 Å². The standard InChI is InChI=1S/C26H32N4O5/c1-18(2)23(31)29-15-13-28(14-16-29)17-30-24(32)26(27-25(30)33,19-5-9-21(34-3)10-6-19)20-7-11-22(35-4)12-8-20/h5-12,18H,13-17H2,1-4H3,(H,27,33). The summed E-state index contributed by atoms with van der Waals surface area (Å²) in [4.78, 5) is 44.6. The Kier molecular flexibility index (Phi) is 6.98. The van der Waals surface area contributed by atoms with Gasteiger partial charge >= 0.3 is 6.03 Å². The summed E-state index contributed by atoms with van der Waals surface area (Å²) in [7, 11) is 3.15. The Labute approximate surface area is 205 Å². The van der Waals surface area contributed by atoms with Gasteiger partial charge in [0, 0.05) is 32.1 Å². The predicted octanol–water partition coefficient (Wildman–Crippen LogP) is 2.26. The Morgan fingerprint density at radius 3 is 1.80 bits per heavy atom. The van der Waals surface area contributed by atoms with Crippen molar-refractivity contribution in [2.45, 2.75) is 19.4 Å². The number of urea groups is 1. The van der Waals surface area contributed by atoms with Gasteiger partial charge in [-0.15, -0.1) is 0 Å². The third kappa shape index (κ3) is 4.55. The summed E-state index contributed by atoms with van der Waals surface area (Å²) in [6.07, 6.45) is 0. The van der Waals surface area contributed by atoms with Gasteiger partial charge in [0.05, 0.1) is 20.9 Å². The highest BCUT2D eigenvalue weighted by Crippen LogP contribution is 2.37. The number of nitrogens with one attached hydrogen (secondary N) is 1. The molecule has 35 heavy (non-hydrogen) atoms. The number of carbonyl (C=O) groups is 3. The van der Waals surface area contributed by atoms with Crippen molar-refractivity contribution in [1.82, 2.24) is 20.0 Å². The average molecular weight is 481 g/mol. The van der Waals surface area contributed by atoms with E-state index >= 15 is 0 Å². The Morgan fingerprint density at radius 2 is 1.37 bits per heavy atom. The molecule has 186 valence electrons. The molecule has 0 radical (unpaired) electrons. The lowest BCUT2D eigenvalue weighted by Crippen LogP contribution is -2.53. The van der Waals surface area contributed by atoms with Crippen LogP contribution >= 0.6 is 0 Å². The number of carbonyl (C=O) groups excluding carboxylic acids is 3. The van der Waals surface area contributed by atoms with E-state index in [9.17, 15) is 14.4 Å². The van der Waals surface area contributed by atoms with Gasteiger partial charge in [-0.05, 0) is 35.4 Å². The monoisotopic (exact) mass is 480 g/mol. The van der Waals surface area contributed by atoms with Gasteiger partial charge in [0.15, 0.2) is 5.54 Å². The largest absolute Gasteiger partial charge is 0.497 e. The summed E-state index contributed by atoms with van der Waals surface area (Å²) in [5.41, 5.74) is -0.0984. The van der Waals surface area contributed by atoms with Crippen LogP contribution in [0.25, 0.3) is 0 Å². The van der Waals surface area contributed by atoms with Crippen molar-refractivity contribution in [3.8, 4) is 11.5 Å². The molecule has 2 aromatic carbocycles. The summed E-state index contributed by atoms with van der Waals surface area (Å²) in [5.74, 6) is 1.03. The van der Waals surface area contributed by atoms with E-state index in [-0.39, 0.29) is 24.4 Å². The van der Waals surface area contributed by atoms with Crippen LogP contribution < -0.4 is 14.8 Å². The van der Waals surface area contributed by atoms with Gasteiger partial charge in [0.2, 0.25) is 5.91 Å². The molecule has 2 aromatic rings. The average Bonchev–Trinajstić information content (AvgIpc) is 3.14. The van der Waals surface area contributed by atoms with Crippen molar-refractivity contribution in [2.24, 2.45) is 5.92 Å². The van der Waals surface area contributed by atoms with Crippen molar-refractivity contribution in [3.05, 3.63) is 59.7 Å². The lowest BCUT2D eigenvalue weighted by molar-refractivity contribution is -0.138. The number of nitrogens with zero attached hydrogens (tertiary/aromatic N) is 3. The van der Waals surface area contributed by atoms with Crippen molar-refractivity contribution >= 4 is 17.8 Å². The fourth-order valence-corrected chi connectivity index (χ4v) is 4.62. The number of methoxy groups -OCH3 is 2. The van der Waals surface area contributed by atoms with E-state index in [0.29, 0.717) is 48.8 Å². The number of hydrogen-bond donors (Lipinski definition) is 1. The Balaban J connectivity index is 1.60. The summed E-state index contributed by atoms with van der Waals surface area (Å²) in [6, 6.07) is 13.8. The first-order valence-electron chi connectivity index (χ1n) is 11.7. The van der Waals surface area contributed by atoms with E-state index in [4.69, 9.17) is 9.47 Å². The van der Waals surface area contributed by atoms with Gasteiger partial charge in [0.25, 0.3) is 5.91 Å². The van der Waals surface area contributed by atoms with Gasteiger partial charge < -0.3 is 19.7 Å². The highest BCUT2D eigenvalue weighted by molar-refractivity contribution is 6.09. The van der Waals surface area contributed by atoms with Crippen LogP contribution in [0.5, 0.6) is 11.5 Å². The molecule has 0 saturated carbocycles. The molecule has 0 aromatic heterocycles. The quantitative estimate of drug-likeness (QED) is 0.612. The maximum Gasteiger partial charge on any atom is 0.326 e. The molecule has 4 rings (SSSR count). The zero-order valence-electron chi connectivity index (χ0n) is 20.6. The van der Waals surface area contributed by atoms with Crippen LogP contribution in [-0.4, -0.2) is 79.6 Å². The molecule has 0 atom stereocenters. The lowest BCUT2D eigenvalue weighted by atomic mass is 9.82. The minimum absolute atomic E-state index is 0.0536. The Hall–Kier alpha value is -3.59. The molecule has 2 aliphatic heterocycles. The molecule has 9 heteroatoms. The Bertz CT molecular complexity index is 1030. The van der Waals surface area contributed by atoms with Crippen LogP contribution in [0.2, 0.25) is 0 Å². The molecule has 1 N–H and O–H groups in total. The number of imide groups is 1. The van der Waals surface area contributed by atoms with Gasteiger partial charge in [-0.1, -0.05) is 38.1 Å². The van der Waals surface area contributed by atoms with Crippen LogP contribution in [0.3, 0.4) is 0 Å². The van der Waals surface area contributed by atoms with Crippen LogP contribution in [-0.2, 0) is 15.1 Å². The first kappa shape index (κ1) is 24.5. The minimum Gasteiger partial charge on any atom is -0.497 e. The fourth-order valence-electron chi connectivity index (χ4n) is 4.62. The number of ether oxygens (including phenoxy) is 2. The molecule has 2 saturated heterocycles. The van der Waals surface area contributed by atoms with E-state index in [2.05, 4.69) is 5.32 Å². The summed E-state index contributed by atoms with van der Waals surface area (Å²) in [5, 5.41) is 2.97. The van der Waals surface area contributed by atoms with Crippen LogP contribution in [0, 0.1) is 5.92 Å². The second-order valence-electron chi connectivity index (χ2n) is 9.11. The number of amides is 4. The van der Waals surface area contributed by atoms with Crippen molar-refractivity contribution in [1.29, 1.82) is 0 Å². The molecule has 9 nitrogen and oxygen atoms in total. The Morgan fingerprint density at radius 1 is 0.886 bits per heavy atom. The van der Waals surface area contributed by atoms with Crippen LogP contribution in [0.15, 0.2) is 48.5 Å². The maximum atomic E-state index is 14.0. The molecular formula is C26H32N4O5. The summed E-state index contributed by atoms with van der Waals surface area (Å²) >= 11 is 0. The fraction of sp³-hybridized carbons (Fsp3) is 0.423. The SMILES string of the molecule is COc1ccc(C2(c3ccc(OC)cc3)NC(=O)N(CN3CCN(C(=O)C(C)C)CC3)C2=O)cc1. The van der Waals surface area contributed by atoms with Crippen molar-refractivity contribution in [3.63, 3.8) is 0 Å². The molecule has 2 heterocycles. The molecular weight excluding hydrogens is 448 g/mol. The van der Waals surface area contributed by atoms with Crippen molar-refractivity contribution in [2.75, 3.05) is 47.1 Å². The smallest absolute Gasteiger partial charge is 0.326 e. The highest BCUT2D eigenvalue weighted by Gasteiger charge is 2.54. The minimum atomic E-state index is -1.37. The first-order chi connectivity index (χ1) is 16.8. The van der Waals surface area contributed by atoms with E-state index in [1.54, 1.807) is 62.8 Å². The zero-order chi connectivity index (χ0) is 25.2. The van der Waals surface area contributed by atoms with Crippen LogP contribution in [0.4, 0.5) is 4.79 Å². The van der Waals surface area contributed by atoms with E-state index < -0.39 is 11.6 Å². The number of hydrogen-bond acceptors (Lipinski definition) is 6. The number of rotatable bonds is 7. The molecule has 4 amide bonds. The van der Waals surface area contributed by atoms with Gasteiger partial charge in [-0.3, -0.25) is 14.5 Å². The van der Waals surface area contributed by atoms with Crippen molar-refractivity contribution < 1.29 is 23.9 Å². The molecule has 0 spiro atoms. The number of piperazine rings is 1.